The molecule has 0 aliphatic rings. The summed E-state index contributed by atoms with van der Waals surface area (Å²) in [6.07, 6.45) is 6.72. The van der Waals surface area contributed by atoms with E-state index in [2.05, 4.69) is 48.4 Å². The van der Waals surface area contributed by atoms with Crippen molar-refractivity contribution in [3.05, 3.63) is 11.9 Å². The molecule has 19 heavy (non-hydrogen) atoms. The minimum atomic E-state index is 0.0999. The summed E-state index contributed by atoms with van der Waals surface area (Å²) >= 11 is 0. The van der Waals surface area contributed by atoms with E-state index in [0.717, 1.165) is 49.3 Å². The van der Waals surface area contributed by atoms with Gasteiger partial charge in [-0.3, -0.25) is 0 Å². The summed E-state index contributed by atoms with van der Waals surface area (Å²) in [6.45, 7) is 8.78. The van der Waals surface area contributed by atoms with Crippen molar-refractivity contribution in [2.75, 3.05) is 10.7 Å². The Kier molecular flexibility index (Phi) is 6.02. The predicted octanol–water partition coefficient (Wildman–Crippen LogP) is 3.10. The van der Waals surface area contributed by atoms with Gasteiger partial charge in [0.25, 0.3) is 0 Å². The molecular weight excluding hydrogens is 238 g/mol. The molecule has 0 unspecified atom stereocenters. The first-order valence-electron chi connectivity index (χ1n) is 7.24. The van der Waals surface area contributed by atoms with Crippen LogP contribution in [-0.2, 0) is 6.42 Å². The van der Waals surface area contributed by atoms with Crippen LogP contribution in [0.25, 0.3) is 0 Å². The molecule has 0 saturated heterocycles. The molecule has 5 nitrogen and oxygen atoms in total. The van der Waals surface area contributed by atoms with Crippen molar-refractivity contribution >= 4 is 11.6 Å². The zero-order chi connectivity index (χ0) is 14.3. The Bertz CT molecular complexity index is 379. The van der Waals surface area contributed by atoms with Gasteiger partial charge in [0.05, 0.1) is 0 Å². The molecule has 1 aromatic rings. The number of nitrogens with two attached hydrogens (primary N) is 1. The van der Waals surface area contributed by atoms with E-state index in [4.69, 9.17) is 5.84 Å². The molecule has 0 saturated carbocycles. The van der Waals surface area contributed by atoms with Crippen LogP contribution in [0.5, 0.6) is 0 Å². The third kappa shape index (κ3) is 3.56. The number of nitrogens with one attached hydrogen (secondary N) is 2. The minimum Gasteiger partial charge on any atom is -0.364 e. The smallest absolute Gasteiger partial charge is 0.148 e. The monoisotopic (exact) mass is 265 g/mol. The quantitative estimate of drug-likeness (QED) is 0.497. The number of rotatable bonds is 8. The van der Waals surface area contributed by atoms with E-state index in [1.165, 1.54) is 0 Å². The highest BCUT2D eigenvalue weighted by molar-refractivity contribution is 5.58. The van der Waals surface area contributed by atoms with E-state index in [0.29, 0.717) is 0 Å². The summed E-state index contributed by atoms with van der Waals surface area (Å²) in [7, 11) is 0. The Hall–Kier alpha value is -1.36. The lowest BCUT2D eigenvalue weighted by molar-refractivity contribution is 0.418. The van der Waals surface area contributed by atoms with Crippen molar-refractivity contribution in [2.45, 2.75) is 65.3 Å². The topological polar surface area (TPSA) is 75.9 Å². The highest BCUT2D eigenvalue weighted by Crippen LogP contribution is 2.29. The van der Waals surface area contributed by atoms with Crippen LogP contribution in [0.3, 0.4) is 0 Å². The van der Waals surface area contributed by atoms with Gasteiger partial charge in [-0.05, 0) is 25.7 Å². The van der Waals surface area contributed by atoms with Crippen LogP contribution in [0.2, 0.25) is 0 Å². The van der Waals surface area contributed by atoms with Gasteiger partial charge in [-0.1, -0.05) is 34.1 Å². The molecule has 0 amide bonds. The lowest BCUT2D eigenvalue weighted by atomic mass is 9.89. The lowest BCUT2D eigenvalue weighted by Crippen LogP contribution is -2.37. The summed E-state index contributed by atoms with van der Waals surface area (Å²) in [5.41, 5.74) is 3.85. The Morgan fingerprint density at radius 1 is 1.05 bits per heavy atom. The Morgan fingerprint density at radius 3 is 2.11 bits per heavy atom. The zero-order valence-electron chi connectivity index (χ0n) is 12.6. The lowest BCUT2D eigenvalue weighted by Gasteiger charge is -2.33. The first-order valence-corrected chi connectivity index (χ1v) is 7.24. The maximum Gasteiger partial charge on any atom is 0.148 e. The average molecular weight is 265 g/mol. The van der Waals surface area contributed by atoms with Gasteiger partial charge in [0.1, 0.15) is 18.0 Å². The molecule has 0 aromatic carbocycles. The molecule has 0 bridgehead atoms. The molecule has 0 fully saturated rings. The van der Waals surface area contributed by atoms with Crippen molar-refractivity contribution in [3.8, 4) is 0 Å². The van der Waals surface area contributed by atoms with E-state index in [1.54, 1.807) is 6.33 Å². The molecule has 0 aliphatic heterocycles. The Labute approximate surface area is 116 Å². The van der Waals surface area contributed by atoms with Crippen LogP contribution >= 0.6 is 0 Å². The molecule has 1 rings (SSSR count). The van der Waals surface area contributed by atoms with E-state index >= 15 is 0 Å². The maximum absolute atomic E-state index is 5.54. The molecule has 1 heterocycles. The van der Waals surface area contributed by atoms with Crippen LogP contribution < -0.4 is 16.6 Å². The van der Waals surface area contributed by atoms with Gasteiger partial charge in [-0.2, -0.15) is 0 Å². The van der Waals surface area contributed by atoms with Gasteiger partial charge in [-0.15, -0.1) is 0 Å². The Morgan fingerprint density at radius 2 is 1.63 bits per heavy atom. The third-order valence-electron chi connectivity index (χ3n) is 4.00. The molecule has 0 aliphatic carbocycles. The van der Waals surface area contributed by atoms with Crippen LogP contribution in [0.4, 0.5) is 11.6 Å². The molecule has 0 radical (unpaired) electrons. The largest absolute Gasteiger partial charge is 0.364 e. The van der Waals surface area contributed by atoms with E-state index in [9.17, 15) is 0 Å². The fraction of sp³-hybridized carbons (Fsp3) is 0.714. The standard InChI is InChI=1S/C14H27N5/c1-5-9-11-12(16-10-17-13(11)19-15)18-14(6-2,7-3)8-4/h10H,5-9,15H2,1-4H3,(H2,16,17,18,19). The number of nitrogen functional groups attached to an aromatic ring is 1. The summed E-state index contributed by atoms with van der Waals surface area (Å²) in [4.78, 5) is 8.61. The molecule has 0 spiro atoms. The molecule has 5 heteroatoms. The highest BCUT2D eigenvalue weighted by atomic mass is 15.3. The minimum absolute atomic E-state index is 0.0999. The zero-order valence-corrected chi connectivity index (χ0v) is 12.6. The molecular formula is C14H27N5. The summed E-state index contributed by atoms with van der Waals surface area (Å²) in [5.74, 6) is 7.17. The van der Waals surface area contributed by atoms with Crippen LogP contribution in [0.15, 0.2) is 6.33 Å². The molecule has 1 aromatic heterocycles. The number of nitrogens with zero attached hydrogens (tertiary/aromatic N) is 2. The van der Waals surface area contributed by atoms with Gasteiger partial charge in [0, 0.05) is 11.1 Å². The van der Waals surface area contributed by atoms with Crippen molar-refractivity contribution in [2.24, 2.45) is 5.84 Å². The van der Waals surface area contributed by atoms with E-state index < -0.39 is 0 Å². The van der Waals surface area contributed by atoms with E-state index in [-0.39, 0.29) is 5.54 Å². The summed E-state index contributed by atoms with van der Waals surface area (Å²) < 4.78 is 0. The molecule has 4 N–H and O–H groups in total. The third-order valence-corrected chi connectivity index (χ3v) is 4.00. The number of hydrazine groups is 1. The fourth-order valence-electron chi connectivity index (χ4n) is 2.40. The first-order chi connectivity index (χ1) is 9.16. The maximum atomic E-state index is 5.54. The summed E-state index contributed by atoms with van der Waals surface area (Å²) in [6, 6.07) is 0. The Balaban J connectivity index is 3.11. The molecule has 0 atom stereocenters. The highest BCUT2D eigenvalue weighted by Gasteiger charge is 2.25. The van der Waals surface area contributed by atoms with Gasteiger partial charge >= 0.3 is 0 Å². The van der Waals surface area contributed by atoms with Gasteiger partial charge in [-0.25, -0.2) is 15.8 Å². The second-order valence-corrected chi connectivity index (χ2v) is 4.91. The first kappa shape index (κ1) is 15.7. The number of hydrogen-bond acceptors (Lipinski definition) is 5. The van der Waals surface area contributed by atoms with Crippen molar-refractivity contribution in [3.63, 3.8) is 0 Å². The number of anilines is 2. The van der Waals surface area contributed by atoms with Crippen LogP contribution in [0.1, 0.15) is 58.9 Å². The second-order valence-electron chi connectivity index (χ2n) is 4.91. The number of hydrogen-bond donors (Lipinski definition) is 3. The van der Waals surface area contributed by atoms with E-state index in [1.807, 2.05) is 0 Å². The van der Waals surface area contributed by atoms with Crippen LogP contribution in [0, 0.1) is 0 Å². The van der Waals surface area contributed by atoms with Crippen LogP contribution in [-0.4, -0.2) is 15.5 Å². The SMILES string of the molecule is CCCc1c(NN)ncnc1NC(CC)(CC)CC. The van der Waals surface area contributed by atoms with Gasteiger partial charge in [0.2, 0.25) is 0 Å². The second kappa shape index (κ2) is 7.28. The van der Waals surface area contributed by atoms with Gasteiger partial charge < -0.3 is 10.7 Å². The average Bonchev–Trinajstić information content (AvgIpc) is 2.46. The van der Waals surface area contributed by atoms with Crippen molar-refractivity contribution < 1.29 is 0 Å². The van der Waals surface area contributed by atoms with Crippen molar-refractivity contribution in [1.82, 2.24) is 9.97 Å². The fourth-order valence-corrected chi connectivity index (χ4v) is 2.40. The molecule has 108 valence electrons. The van der Waals surface area contributed by atoms with Crippen molar-refractivity contribution in [1.29, 1.82) is 0 Å². The number of aromatic nitrogens is 2. The van der Waals surface area contributed by atoms with Gasteiger partial charge in [0.15, 0.2) is 0 Å². The predicted molar refractivity (Wildman–Crippen MR) is 81.1 cm³/mol. The summed E-state index contributed by atoms with van der Waals surface area (Å²) in [5, 5.41) is 3.62. The normalized spacial score (nSPS) is 11.4.